The number of carbonyl (C=O) groups excluding carboxylic acids is 1. The van der Waals surface area contributed by atoms with Crippen LogP contribution >= 0.6 is 11.3 Å². The number of carbonyl (C=O) groups is 1. The van der Waals surface area contributed by atoms with Crippen LogP contribution in [0.25, 0.3) is 0 Å². The summed E-state index contributed by atoms with van der Waals surface area (Å²) in [7, 11) is 0. The van der Waals surface area contributed by atoms with Gasteiger partial charge in [0.15, 0.2) is 0 Å². The average Bonchev–Trinajstić information content (AvgIpc) is 2.57. The molecule has 0 bridgehead atoms. The summed E-state index contributed by atoms with van der Waals surface area (Å²) in [5.74, 6) is 4.79. The van der Waals surface area contributed by atoms with Gasteiger partial charge in [0.1, 0.15) is 0 Å². The van der Waals surface area contributed by atoms with Crippen LogP contribution in [-0.2, 0) is 11.2 Å². The zero-order valence-corrected chi connectivity index (χ0v) is 8.28. The zero-order valence-electron chi connectivity index (χ0n) is 7.46. The number of hydrogen-bond acceptors (Lipinski definition) is 2. The first-order chi connectivity index (χ1) is 6.33. The van der Waals surface area contributed by atoms with Crippen LogP contribution in [0.4, 0.5) is 0 Å². The lowest BCUT2D eigenvalue weighted by atomic mass is 10.3. The Morgan fingerprint density at radius 3 is 3.15 bits per heavy atom. The lowest BCUT2D eigenvalue weighted by Gasteiger charge is -1.97. The van der Waals surface area contributed by atoms with E-state index in [1.165, 1.54) is 4.88 Å². The molecule has 1 heterocycles. The summed E-state index contributed by atoms with van der Waals surface area (Å²) in [5.41, 5.74) is 0. The van der Waals surface area contributed by atoms with E-state index in [0.717, 1.165) is 6.42 Å². The Kier molecular flexibility index (Phi) is 4.07. The van der Waals surface area contributed by atoms with Gasteiger partial charge in [-0.05, 0) is 30.7 Å². The van der Waals surface area contributed by atoms with Crippen molar-refractivity contribution in [2.75, 3.05) is 6.54 Å². The molecule has 0 spiro atoms. The van der Waals surface area contributed by atoms with Gasteiger partial charge in [-0.3, -0.25) is 4.79 Å². The van der Waals surface area contributed by atoms with Gasteiger partial charge < -0.3 is 5.32 Å². The minimum atomic E-state index is -0.195. The maximum atomic E-state index is 10.9. The van der Waals surface area contributed by atoms with Crippen molar-refractivity contribution in [2.45, 2.75) is 13.3 Å². The fourth-order valence-corrected chi connectivity index (χ4v) is 1.62. The van der Waals surface area contributed by atoms with Gasteiger partial charge in [0, 0.05) is 11.4 Å². The molecule has 0 atom stereocenters. The molecule has 0 aliphatic rings. The number of nitrogens with one attached hydrogen (secondary N) is 1. The van der Waals surface area contributed by atoms with Crippen molar-refractivity contribution in [3.05, 3.63) is 22.4 Å². The summed E-state index contributed by atoms with van der Waals surface area (Å²) < 4.78 is 0. The maximum absolute atomic E-state index is 10.9. The molecule has 13 heavy (non-hydrogen) atoms. The van der Waals surface area contributed by atoms with Crippen molar-refractivity contribution < 1.29 is 4.79 Å². The lowest BCUT2D eigenvalue weighted by Crippen LogP contribution is -2.23. The van der Waals surface area contributed by atoms with Crippen LogP contribution in [0.3, 0.4) is 0 Å². The van der Waals surface area contributed by atoms with E-state index in [9.17, 15) is 4.79 Å². The van der Waals surface area contributed by atoms with Crippen molar-refractivity contribution in [1.82, 2.24) is 5.32 Å². The van der Waals surface area contributed by atoms with Gasteiger partial charge in [-0.15, -0.1) is 11.3 Å². The fourth-order valence-electron chi connectivity index (χ4n) is 0.912. The smallest absolute Gasteiger partial charge is 0.295 e. The third-order valence-corrected chi connectivity index (χ3v) is 2.41. The molecule has 3 heteroatoms. The third kappa shape index (κ3) is 3.77. The van der Waals surface area contributed by atoms with Crippen molar-refractivity contribution in [3.8, 4) is 11.8 Å². The average molecular weight is 193 g/mol. The van der Waals surface area contributed by atoms with Crippen LogP contribution in [0.5, 0.6) is 0 Å². The Morgan fingerprint density at radius 2 is 2.54 bits per heavy atom. The second-order valence-corrected chi connectivity index (χ2v) is 3.49. The van der Waals surface area contributed by atoms with Gasteiger partial charge in [0.2, 0.25) is 0 Å². The normalized spacial score (nSPS) is 8.69. The summed E-state index contributed by atoms with van der Waals surface area (Å²) in [6.45, 7) is 2.31. The first kappa shape index (κ1) is 9.82. The molecule has 0 unspecified atom stereocenters. The molecule has 1 amide bonds. The SMILES string of the molecule is CC#CC(=O)NCCc1cccs1. The second kappa shape index (κ2) is 5.39. The third-order valence-electron chi connectivity index (χ3n) is 1.48. The van der Waals surface area contributed by atoms with E-state index in [-0.39, 0.29) is 5.91 Å². The van der Waals surface area contributed by atoms with Gasteiger partial charge in [-0.25, -0.2) is 0 Å². The van der Waals surface area contributed by atoms with E-state index >= 15 is 0 Å². The van der Waals surface area contributed by atoms with Gasteiger partial charge in [-0.1, -0.05) is 12.0 Å². The molecule has 1 aromatic rings. The van der Waals surface area contributed by atoms with Crippen LogP contribution < -0.4 is 5.32 Å². The summed E-state index contributed by atoms with van der Waals surface area (Å²) in [6, 6.07) is 4.07. The second-order valence-electron chi connectivity index (χ2n) is 2.46. The number of thiophene rings is 1. The van der Waals surface area contributed by atoms with Crippen LogP contribution in [0.2, 0.25) is 0 Å². The minimum absolute atomic E-state index is 0.195. The summed E-state index contributed by atoms with van der Waals surface area (Å²) in [4.78, 5) is 12.2. The molecule has 0 fully saturated rings. The van der Waals surface area contributed by atoms with E-state index in [0.29, 0.717) is 6.54 Å². The Balaban J connectivity index is 2.20. The standard InChI is InChI=1S/C10H11NOS/c1-2-4-10(12)11-7-6-9-5-3-8-13-9/h3,5,8H,6-7H2,1H3,(H,11,12). The van der Waals surface area contributed by atoms with Crippen molar-refractivity contribution in [2.24, 2.45) is 0 Å². The van der Waals surface area contributed by atoms with E-state index in [2.05, 4.69) is 23.2 Å². The van der Waals surface area contributed by atoms with Crippen molar-refractivity contribution in [3.63, 3.8) is 0 Å². The molecule has 1 aromatic heterocycles. The largest absolute Gasteiger partial charge is 0.345 e. The molecule has 68 valence electrons. The summed E-state index contributed by atoms with van der Waals surface area (Å²) in [6.07, 6.45) is 0.884. The molecule has 0 aromatic carbocycles. The highest BCUT2D eigenvalue weighted by Gasteiger charge is 1.95. The Morgan fingerprint density at radius 1 is 1.69 bits per heavy atom. The van der Waals surface area contributed by atoms with E-state index in [1.807, 2.05) is 11.4 Å². The molecule has 0 radical (unpaired) electrons. The summed E-state index contributed by atoms with van der Waals surface area (Å²) in [5, 5.41) is 4.75. The van der Waals surface area contributed by atoms with E-state index < -0.39 is 0 Å². The molecule has 1 rings (SSSR count). The van der Waals surface area contributed by atoms with Gasteiger partial charge in [-0.2, -0.15) is 0 Å². The molecular weight excluding hydrogens is 182 g/mol. The predicted molar refractivity (Wildman–Crippen MR) is 54.5 cm³/mol. The molecule has 2 nitrogen and oxygen atoms in total. The highest BCUT2D eigenvalue weighted by molar-refractivity contribution is 7.09. The van der Waals surface area contributed by atoms with Gasteiger partial charge >= 0.3 is 0 Å². The van der Waals surface area contributed by atoms with Gasteiger partial charge in [0.25, 0.3) is 5.91 Å². The molecule has 0 saturated heterocycles. The number of hydrogen-bond donors (Lipinski definition) is 1. The van der Waals surface area contributed by atoms with Crippen LogP contribution in [0, 0.1) is 11.8 Å². The first-order valence-electron chi connectivity index (χ1n) is 4.06. The van der Waals surface area contributed by atoms with Crippen LogP contribution in [0.15, 0.2) is 17.5 Å². The Labute approximate surface area is 82.0 Å². The highest BCUT2D eigenvalue weighted by atomic mass is 32.1. The van der Waals surface area contributed by atoms with Crippen molar-refractivity contribution >= 4 is 17.2 Å². The van der Waals surface area contributed by atoms with Crippen LogP contribution in [0.1, 0.15) is 11.8 Å². The summed E-state index contributed by atoms with van der Waals surface area (Å²) >= 11 is 1.70. The molecule has 0 aliphatic carbocycles. The predicted octanol–water partition coefficient (Wildman–Crippen LogP) is 1.43. The first-order valence-corrected chi connectivity index (χ1v) is 4.94. The molecule has 1 N–H and O–H groups in total. The van der Waals surface area contributed by atoms with Crippen molar-refractivity contribution in [1.29, 1.82) is 0 Å². The lowest BCUT2D eigenvalue weighted by molar-refractivity contribution is -0.115. The zero-order chi connectivity index (χ0) is 9.52. The number of amides is 1. The van der Waals surface area contributed by atoms with E-state index in [1.54, 1.807) is 18.3 Å². The molecule has 0 aliphatic heterocycles. The topological polar surface area (TPSA) is 29.1 Å². The Bertz CT molecular complexity index is 318. The number of rotatable bonds is 3. The van der Waals surface area contributed by atoms with Crippen LogP contribution in [-0.4, -0.2) is 12.5 Å². The fraction of sp³-hybridized carbons (Fsp3) is 0.300. The Hall–Kier alpha value is -1.27. The van der Waals surface area contributed by atoms with Gasteiger partial charge in [0.05, 0.1) is 0 Å². The molecule has 0 saturated carbocycles. The minimum Gasteiger partial charge on any atom is -0.345 e. The molecular formula is C10H11NOS. The highest BCUT2D eigenvalue weighted by Crippen LogP contribution is 2.07. The maximum Gasteiger partial charge on any atom is 0.295 e. The monoisotopic (exact) mass is 193 g/mol. The van der Waals surface area contributed by atoms with E-state index in [4.69, 9.17) is 0 Å². The quantitative estimate of drug-likeness (QED) is 0.723.